The van der Waals surface area contributed by atoms with Gasteiger partial charge in [0.1, 0.15) is 5.78 Å². The fourth-order valence-corrected chi connectivity index (χ4v) is 3.15. The molecule has 19 heavy (non-hydrogen) atoms. The van der Waals surface area contributed by atoms with E-state index < -0.39 is 5.41 Å². The van der Waals surface area contributed by atoms with Crippen LogP contribution in [0.5, 0.6) is 0 Å². The molecule has 1 aromatic carbocycles. The zero-order valence-corrected chi connectivity index (χ0v) is 11.4. The number of nitrogens with zero attached hydrogens (tertiary/aromatic N) is 1. The Hall–Kier alpha value is -1.35. The third kappa shape index (κ3) is 2.16. The summed E-state index contributed by atoms with van der Waals surface area (Å²) in [6.07, 6.45) is 2.70. The Morgan fingerprint density at radius 1 is 1.16 bits per heavy atom. The van der Waals surface area contributed by atoms with Gasteiger partial charge in [-0.15, -0.1) is 0 Å². The summed E-state index contributed by atoms with van der Waals surface area (Å²) in [6, 6.07) is 7.59. The van der Waals surface area contributed by atoms with Gasteiger partial charge in [0, 0.05) is 31.0 Å². The van der Waals surface area contributed by atoms with Gasteiger partial charge in [-0.25, -0.2) is 0 Å². The number of carbonyl (C=O) groups is 2. The Morgan fingerprint density at radius 2 is 1.79 bits per heavy atom. The molecular formula is C15H16ClNO2. The second-order valence-electron chi connectivity index (χ2n) is 5.39. The smallest absolute Gasteiger partial charge is 0.233 e. The van der Waals surface area contributed by atoms with Crippen molar-refractivity contribution in [3.8, 4) is 0 Å². The molecular weight excluding hydrogens is 262 g/mol. The van der Waals surface area contributed by atoms with Crippen LogP contribution in [0.1, 0.15) is 31.2 Å². The van der Waals surface area contributed by atoms with E-state index in [-0.39, 0.29) is 11.7 Å². The fraction of sp³-hybridized carbons (Fsp3) is 0.467. The van der Waals surface area contributed by atoms with Gasteiger partial charge in [-0.2, -0.15) is 0 Å². The number of carbonyl (C=O) groups excluding carboxylic acids is 2. The van der Waals surface area contributed by atoms with Gasteiger partial charge in [0.15, 0.2) is 0 Å². The Kier molecular flexibility index (Phi) is 3.09. The van der Waals surface area contributed by atoms with Gasteiger partial charge in [-0.3, -0.25) is 9.59 Å². The number of amides is 1. The van der Waals surface area contributed by atoms with Crippen molar-refractivity contribution in [2.75, 3.05) is 13.1 Å². The molecule has 1 aromatic rings. The standard InChI is InChI=1S/C15H16ClNO2/c16-13-4-2-1-3-12(13)15(7-8-15)14(19)17-9-5-11(18)6-10-17/h1-4H,5-10H2. The van der Waals surface area contributed by atoms with E-state index >= 15 is 0 Å². The molecule has 0 radical (unpaired) electrons. The molecule has 3 nitrogen and oxygen atoms in total. The SMILES string of the molecule is O=C1CCN(C(=O)C2(c3ccccc3Cl)CC2)CC1. The Morgan fingerprint density at radius 3 is 2.37 bits per heavy atom. The number of benzene rings is 1. The van der Waals surface area contributed by atoms with Crippen LogP contribution in [0.3, 0.4) is 0 Å². The third-order valence-corrected chi connectivity index (χ3v) is 4.49. The highest BCUT2D eigenvalue weighted by molar-refractivity contribution is 6.31. The monoisotopic (exact) mass is 277 g/mol. The molecule has 1 aliphatic carbocycles. The summed E-state index contributed by atoms with van der Waals surface area (Å²) in [4.78, 5) is 25.8. The second kappa shape index (κ2) is 4.64. The summed E-state index contributed by atoms with van der Waals surface area (Å²) >= 11 is 6.23. The highest BCUT2D eigenvalue weighted by Gasteiger charge is 2.54. The van der Waals surface area contributed by atoms with E-state index in [0.29, 0.717) is 31.0 Å². The largest absolute Gasteiger partial charge is 0.341 e. The van der Waals surface area contributed by atoms with E-state index in [1.165, 1.54) is 0 Å². The normalized spacial score (nSPS) is 21.3. The fourth-order valence-electron chi connectivity index (χ4n) is 2.83. The molecule has 0 aromatic heterocycles. The Bertz CT molecular complexity index is 527. The number of piperidine rings is 1. The van der Waals surface area contributed by atoms with Gasteiger partial charge in [0.2, 0.25) is 5.91 Å². The van der Waals surface area contributed by atoms with Crippen LogP contribution in [0.25, 0.3) is 0 Å². The van der Waals surface area contributed by atoms with Crippen molar-refractivity contribution in [1.29, 1.82) is 0 Å². The minimum absolute atomic E-state index is 0.146. The Balaban J connectivity index is 1.83. The summed E-state index contributed by atoms with van der Waals surface area (Å²) in [6.45, 7) is 1.12. The van der Waals surface area contributed by atoms with Crippen molar-refractivity contribution in [3.63, 3.8) is 0 Å². The van der Waals surface area contributed by atoms with Crippen molar-refractivity contribution < 1.29 is 9.59 Å². The van der Waals surface area contributed by atoms with E-state index in [2.05, 4.69) is 0 Å². The Labute approximate surface area is 117 Å². The van der Waals surface area contributed by atoms with Gasteiger partial charge < -0.3 is 4.90 Å². The van der Waals surface area contributed by atoms with Crippen LogP contribution in [0.15, 0.2) is 24.3 Å². The molecule has 0 spiro atoms. The number of rotatable bonds is 2. The van der Waals surface area contributed by atoms with Gasteiger partial charge >= 0.3 is 0 Å². The van der Waals surface area contributed by atoms with Gasteiger partial charge in [0.05, 0.1) is 5.41 Å². The minimum Gasteiger partial charge on any atom is -0.341 e. The first-order valence-corrected chi connectivity index (χ1v) is 7.07. The molecule has 1 amide bonds. The zero-order valence-electron chi connectivity index (χ0n) is 10.7. The first-order chi connectivity index (χ1) is 9.13. The first-order valence-electron chi connectivity index (χ1n) is 6.69. The highest BCUT2D eigenvalue weighted by Crippen LogP contribution is 2.51. The summed E-state index contributed by atoms with van der Waals surface area (Å²) in [7, 11) is 0. The first kappa shape index (κ1) is 12.7. The van der Waals surface area contributed by atoms with Crippen LogP contribution in [-0.4, -0.2) is 29.7 Å². The second-order valence-corrected chi connectivity index (χ2v) is 5.80. The van der Waals surface area contributed by atoms with Crippen molar-refractivity contribution in [2.24, 2.45) is 0 Å². The van der Waals surface area contributed by atoms with Crippen LogP contribution >= 0.6 is 11.6 Å². The van der Waals surface area contributed by atoms with E-state index in [0.717, 1.165) is 18.4 Å². The number of halogens is 1. The minimum atomic E-state index is -0.418. The van der Waals surface area contributed by atoms with Crippen LogP contribution in [0.4, 0.5) is 0 Å². The van der Waals surface area contributed by atoms with Crippen LogP contribution in [0, 0.1) is 0 Å². The molecule has 1 saturated heterocycles. The van der Waals surface area contributed by atoms with Crippen molar-refractivity contribution >= 4 is 23.3 Å². The number of Topliss-reactive ketones (excluding diaryl/α,β-unsaturated/α-hetero) is 1. The molecule has 1 saturated carbocycles. The molecule has 3 rings (SSSR count). The predicted molar refractivity (Wildman–Crippen MR) is 73.2 cm³/mol. The molecule has 1 aliphatic heterocycles. The molecule has 0 bridgehead atoms. The van der Waals surface area contributed by atoms with Crippen molar-refractivity contribution in [3.05, 3.63) is 34.9 Å². The molecule has 4 heteroatoms. The lowest BCUT2D eigenvalue weighted by Crippen LogP contribution is -2.44. The van der Waals surface area contributed by atoms with E-state index in [9.17, 15) is 9.59 Å². The number of likely N-dealkylation sites (tertiary alicyclic amines) is 1. The average Bonchev–Trinajstić information content (AvgIpc) is 3.21. The maximum absolute atomic E-state index is 12.7. The van der Waals surface area contributed by atoms with E-state index in [4.69, 9.17) is 11.6 Å². The van der Waals surface area contributed by atoms with Crippen LogP contribution in [-0.2, 0) is 15.0 Å². The van der Waals surface area contributed by atoms with Crippen molar-refractivity contribution in [2.45, 2.75) is 31.1 Å². The number of hydrogen-bond donors (Lipinski definition) is 0. The third-order valence-electron chi connectivity index (χ3n) is 4.16. The molecule has 2 aliphatic rings. The summed E-state index contributed by atoms with van der Waals surface area (Å²) in [5.41, 5.74) is 0.525. The van der Waals surface area contributed by atoms with Gasteiger partial charge in [-0.1, -0.05) is 29.8 Å². The highest BCUT2D eigenvalue weighted by atomic mass is 35.5. The lowest BCUT2D eigenvalue weighted by atomic mass is 9.93. The quantitative estimate of drug-likeness (QED) is 0.833. The average molecular weight is 278 g/mol. The lowest BCUT2D eigenvalue weighted by Gasteiger charge is -2.30. The summed E-state index contributed by atoms with van der Waals surface area (Å²) in [5.74, 6) is 0.403. The molecule has 0 N–H and O–H groups in total. The molecule has 2 fully saturated rings. The van der Waals surface area contributed by atoms with Gasteiger partial charge in [-0.05, 0) is 24.5 Å². The summed E-state index contributed by atoms with van der Waals surface area (Å²) in [5, 5.41) is 0.668. The van der Waals surface area contributed by atoms with Gasteiger partial charge in [0.25, 0.3) is 0 Å². The van der Waals surface area contributed by atoms with Crippen LogP contribution < -0.4 is 0 Å². The summed E-state index contributed by atoms with van der Waals surface area (Å²) < 4.78 is 0. The zero-order chi connectivity index (χ0) is 13.5. The number of ketones is 1. The van der Waals surface area contributed by atoms with Crippen molar-refractivity contribution in [1.82, 2.24) is 4.90 Å². The maximum atomic E-state index is 12.7. The van der Waals surface area contributed by atoms with E-state index in [1.54, 1.807) is 0 Å². The van der Waals surface area contributed by atoms with Crippen LogP contribution in [0.2, 0.25) is 5.02 Å². The topological polar surface area (TPSA) is 37.4 Å². The lowest BCUT2D eigenvalue weighted by molar-refractivity contribution is -0.136. The molecule has 100 valence electrons. The molecule has 0 atom stereocenters. The molecule has 0 unspecified atom stereocenters. The number of hydrogen-bond acceptors (Lipinski definition) is 2. The van der Waals surface area contributed by atoms with E-state index in [1.807, 2.05) is 29.2 Å². The molecule has 1 heterocycles. The predicted octanol–water partition coefficient (Wildman–Crippen LogP) is 2.56. The maximum Gasteiger partial charge on any atom is 0.233 e.